The zero-order valence-electron chi connectivity index (χ0n) is 31.9. The molecule has 2 aliphatic heterocycles. The highest BCUT2D eigenvalue weighted by molar-refractivity contribution is 7.16. The Bertz CT molecular complexity index is 2090. The number of carbonyl (C=O) groups is 3. The maximum atomic E-state index is 13.3. The van der Waals surface area contributed by atoms with Crippen LogP contribution >= 0.6 is 22.7 Å². The summed E-state index contributed by atoms with van der Waals surface area (Å²) >= 11 is 2.67. The molecule has 0 saturated carbocycles. The number of phenolic OH excluding ortho intramolecular Hbond substituents is 1. The lowest BCUT2D eigenvalue weighted by atomic mass is 9.89. The van der Waals surface area contributed by atoms with Crippen LogP contribution in [0.2, 0.25) is 0 Å². The van der Waals surface area contributed by atoms with Crippen LogP contribution in [0.5, 0.6) is 5.75 Å². The van der Waals surface area contributed by atoms with Crippen molar-refractivity contribution in [3.63, 3.8) is 0 Å². The summed E-state index contributed by atoms with van der Waals surface area (Å²) < 4.78 is 70.4. The molecule has 0 unspecified atom stereocenters. The van der Waals surface area contributed by atoms with E-state index >= 15 is 0 Å². The molecule has 1 spiro atoms. The number of thiophene rings is 1. The van der Waals surface area contributed by atoms with E-state index in [0.717, 1.165) is 55.8 Å². The van der Waals surface area contributed by atoms with Gasteiger partial charge in [-0.2, -0.15) is 26.3 Å². The number of rotatable bonds is 10. The average Bonchev–Trinajstić information content (AvgIpc) is 3.82. The molecule has 1 amide bonds. The number of carboxylic acid groups (broad SMARTS) is 2. The molecule has 2 aromatic carbocycles. The Hall–Kier alpha value is -4.54. The predicted molar refractivity (Wildman–Crippen MR) is 207 cm³/mol. The van der Waals surface area contributed by atoms with Crippen LogP contribution in [0.1, 0.15) is 70.6 Å². The summed E-state index contributed by atoms with van der Waals surface area (Å²) in [5.41, 5.74) is 4.06. The minimum atomic E-state index is -5.08. The first-order chi connectivity index (χ1) is 27.6. The van der Waals surface area contributed by atoms with Gasteiger partial charge in [0.25, 0.3) is 5.91 Å². The number of H-pyrrole nitrogens is 1. The van der Waals surface area contributed by atoms with Crippen LogP contribution in [0, 0.1) is 0 Å². The van der Waals surface area contributed by atoms with Crippen molar-refractivity contribution in [2.75, 3.05) is 45.9 Å². The van der Waals surface area contributed by atoms with Gasteiger partial charge >= 0.3 is 29.2 Å². The second-order valence-electron chi connectivity index (χ2n) is 14.2. The minimum Gasteiger partial charge on any atom is -0.506 e. The number of amides is 1. The van der Waals surface area contributed by atoms with Gasteiger partial charge in [-0.15, -0.1) is 11.3 Å². The standard InChI is InChI=1S/C34H42N4O5S2.2C2HF3O2/c1-22(2)29-17-25(20-44-29)32(41)38-14-15-43-34(21-38)9-12-37(13-10-34)19-24-5-3-4-23(16-24)8-11-35-18-28(40)26-6-7-27(39)30-31(26)45-33(42)36-30;2*3-2(4,5)1(6)7/h3-7,16-17,20,22,28,35,39-40H,8-15,18-19,21H2,1-2H3,(H,36,42);2*(H,6,7)/t28-;;/m0../s1. The summed E-state index contributed by atoms with van der Waals surface area (Å²) in [7, 11) is 0. The molecule has 4 heterocycles. The number of nitrogens with zero attached hydrogens (tertiary/aromatic N) is 2. The first-order valence-corrected chi connectivity index (χ1v) is 19.9. The number of thiazole rings is 1. The van der Waals surface area contributed by atoms with Gasteiger partial charge < -0.3 is 40.4 Å². The van der Waals surface area contributed by atoms with E-state index < -0.39 is 30.4 Å². The molecular weight excluding hydrogens is 835 g/mol. The number of likely N-dealkylation sites (tertiary alicyclic amines) is 1. The third kappa shape index (κ3) is 13.5. The number of aromatic hydroxyl groups is 1. The fourth-order valence-electron chi connectivity index (χ4n) is 6.41. The lowest BCUT2D eigenvalue weighted by Crippen LogP contribution is -2.57. The number of alkyl halides is 6. The van der Waals surface area contributed by atoms with E-state index in [0.29, 0.717) is 54.5 Å². The van der Waals surface area contributed by atoms with E-state index in [4.69, 9.17) is 24.5 Å². The van der Waals surface area contributed by atoms with Crippen LogP contribution in [0.4, 0.5) is 26.3 Å². The Labute approximate surface area is 341 Å². The quantitative estimate of drug-likeness (QED) is 0.0795. The van der Waals surface area contributed by atoms with Crippen molar-refractivity contribution in [1.82, 2.24) is 20.1 Å². The number of aromatic amines is 1. The lowest BCUT2D eigenvalue weighted by Gasteiger charge is -2.47. The summed E-state index contributed by atoms with van der Waals surface area (Å²) in [6, 6.07) is 13.9. The van der Waals surface area contributed by atoms with Crippen LogP contribution in [0.3, 0.4) is 0 Å². The van der Waals surface area contributed by atoms with Crippen molar-refractivity contribution in [3.8, 4) is 5.75 Å². The predicted octanol–water partition coefficient (Wildman–Crippen LogP) is 6.12. The number of aliphatic hydroxyl groups is 1. The number of aliphatic carboxylic acids is 2. The van der Waals surface area contributed by atoms with E-state index in [-0.39, 0.29) is 22.1 Å². The average molecular weight is 879 g/mol. The summed E-state index contributed by atoms with van der Waals surface area (Å²) in [5.74, 6) is -4.95. The van der Waals surface area contributed by atoms with Gasteiger partial charge in [-0.25, -0.2) is 9.59 Å². The highest BCUT2D eigenvalue weighted by atomic mass is 32.1. The lowest BCUT2D eigenvalue weighted by molar-refractivity contribution is -0.193. The summed E-state index contributed by atoms with van der Waals surface area (Å²) in [6.45, 7) is 10.0. The molecule has 0 bridgehead atoms. The summed E-state index contributed by atoms with van der Waals surface area (Å²) in [4.78, 5) is 51.0. The second-order valence-corrected chi connectivity index (χ2v) is 16.1. The van der Waals surface area contributed by atoms with Crippen LogP contribution in [-0.4, -0.2) is 117 Å². The fraction of sp³-hybridized carbons (Fsp3) is 0.474. The van der Waals surface area contributed by atoms with Crippen LogP contribution in [0.15, 0.2) is 52.6 Å². The number of nitrogens with one attached hydrogen (secondary N) is 2. The minimum absolute atomic E-state index is 0.00612. The number of phenols is 1. The molecule has 6 rings (SSSR count). The number of benzene rings is 2. The van der Waals surface area contributed by atoms with E-state index in [2.05, 4.69) is 59.4 Å². The smallest absolute Gasteiger partial charge is 0.490 e. The molecule has 2 saturated heterocycles. The molecule has 2 aromatic heterocycles. The van der Waals surface area contributed by atoms with Crippen LogP contribution < -0.4 is 10.2 Å². The van der Waals surface area contributed by atoms with Crippen LogP contribution in [-0.2, 0) is 27.3 Å². The SMILES string of the molecule is CC(C)c1cc(C(=O)N2CCOC3(CCN(Cc4cccc(CCNC[C@H](O)c5ccc(O)c6[nH]c(=O)sc56)c4)CC3)C2)cs1.O=C(O)C(F)(F)F.O=C(O)C(F)(F)F. The molecule has 13 nitrogen and oxygen atoms in total. The van der Waals surface area contributed by atoms with Gasteiger partial charge in [-0.1, -0.05) is 55.5 Å². The van der Waals surface area contributed by atoms with Gasteiger partial charge in [0.1, 0.15) is 11.3 Å². The number of halogens is 6. The molecule has 21 heteroatoms. The summed E-state index contributed by atoms with van der Waals surface area (Å²) in [5, 5.41) is 40.4. The Balaban J connectivity index is 0.000000471. The van der Waals surface area contributed by atoms with Gasteiger partial charge in [0.2, 0.25) is 0 Å². The molecule has 4 aromatic rings. The van der Waals surface area contributed by atoms with Crippen molar-refractivity contribution in [3.05, 3.63) is 84.6 Å². The second kappa shape index (κ2) is 20.1. The zero-order chi connectivity index (χ0) is 43.7. The molecule has 1 atom stereocenters. The number of carboxylic acids is 2. The molecule has 0 radical (unpaired) electrons. The van der Waals surface area contributed by atoms with Crippen molar-refractivity contribution in [1.29, 1.82) is 0 Å². The molecule has 59 heavy (non-hydrogen) atoms. The van der Waals surface area contributed by atoms with Crippen LogP contribution in [0.25, 0.3) is 10.2 Å². The largest absolute Gasteiger partial charge is 0.506 e. The first kappa shape index (κ1) is 47.1. The Morgan fingerprint density at radius 2 is 1.59 bits per heavy atom. The van der Waals surface area contributed by atoms with Crippen molar-refractivity contribution in [2.24, 2.45) is 0 Å². The van der Waals surface area contributed by atoms with E-state index in [1.807, 2.05) is 10.3 Å². The number of morpholine rings is 1. The molecule has 0 aliphatic carbocycles. The Morgan fingerprint density at radius 1 is 0.966 bits per heavy atom. The number of carbonyl (C=O) groups excluding carboxylic acids is 1. The number of aliphatic hydroxyl groups excluding tert-OH is 1. The van der Waals surface area contributed by atoms with Gasteiger partial charge in [-0.3, -0.25) is 14.5 Å². The summed E-state index contributed by atoms with van der Waals surface area (Å²) in [6.07, 6.45) is -8.31. The van der Waals surface area contributed by atoms with Gasteiger partial charge in [0.05, 0.1) is 35.1 Å². The Morgan fingerprint density at radius 3 is 2.19 bits per heavy atom. The number of fused-ring (bicyclic) bond motifs is 1. The van der Waals surface area contributed by atoms with E-state index in [1.54, 1.807) is 17.4 Å². The number of piperidine rings is 1. The highest BCUT2D eigenvalue weighted by Gasteiger charge is 2.41. The van der Waals surface area contributed by atoms with E-state index in [9.17, 15) is 46.1 Å². The molecule has 6 N–H and O–H groups in total. The molecular formula is C38H44F6N4O9S2. The maximum Gasteiger partial charge on any atom is 0.490 e. The highest BCUT2D eigenvalue weighted by Crippen LogP contribution is 2.33. The third-order valence-corrected chi connectivity index (χ3v) is 11.7. The fourth-order valence-corrected chi connectivity index (χ4v) is 8.23. The van der Waals surface area contributed by atoms with Crippen molar-refractivity contribution < 1.29 is 65.9 Å². The number of hydrogen-bond donors (Lipinski definition) is 6. The Kier molecular flexibility index (Phi) is 16.1. The molecule has 2 aliphatic rings. The maximum absolute atomic E-state index is 13.3. The number of ether oxygens (including phenoxy) is 1. The molecule has 2 fully saturated rings. The van der Waals surface area contributed by atoms with Gasteiger partial charge in [0, 0.05) is 48.5 Å². The topological polar surface area (TPSA) is 193 Å². The van der Waals surface area contributed by atoms with Crippen molar-refractivity contribution in [2.45, 2.75) is 69.6 Å². The van der Waals surface area contributed by atoms with Gasteiger partial charge in [-0.05, 0) is 55.0 Å². The third-order valence-electron chi connectivity index (χ3n) is 9.50. The monoisotopic (exact) mass is 878 g/mol. The number of aromatic nitrogens is 1. The first-order valence-electron chi connectivity index (χ1n) is 18.2. The zero-order valence-corrected chi connectivity index (χ0v) is 33.5. The van der Waals surface area contributed by atoms with Crippen molar-refractivity contribution >= 4 is 50.7 Å². The van der Waals surface area contributed by atoms with Gasteiger partial charge in [0.15, 0.2) is 0 Å². The van der Waals surface area contributed by atoms with E-state index in [1.165, 1.54) is 22.1 Å². The normalized spacial score (nSPS) is 16.3. The molecule has 324 valence electrons. The number of hydrogen-bond acceptors (Lipinski definition) is 11.